The predicted octanol–water partition coefficient (Wildman–Crippen LogP) is 1.09. The van der Waals surface area contributed by atoms with E-state index in [2.05, 4.69) is 5.32 Å². The summed E-state index contributed by atoms with van der Waals surface area (Å²) in [6.45, 7) is 2.75. The van der Waals surface area contributed by atoms with Crippen LogP contribution in [0.3, 0.4) is 0 Å². The summed E-state index contributed by atoms with van der Waals surface area (Å²) in [5.41, 5.74) is 0. The number of carbonyl (C=O) groups is 3. The Hall–Kier alpha value is -1.59. The molecule has 3 atom stereocenters. The van der Waals surface area contributed by atoms with Gasteiger partial charge in [-0.25, -0.2) is 0 Å². The van der Waals surface area contributed by atoms with Crippen molar-refractivity contribution in [1.29, 1.82) is 0 Å². The largest absolute Gasteiger partial charge is 0.469 e. The average Bonchev–Trinajstić information content (AvgIpc) is 2.53. The molecular formula is C16H26N2O4. The molecule has 1 heterocycles. The van der Waals surface area contributed by atoms with Gasteiger partial charge in [-0.05, 0) is 25.7 Å². The molecule has 0 aromatic carbocycles. The number of ether oxygens (including phenoxy) is 1. The van der Waals surface area contributed by atoms with Crippen LogP contribution in [-0.4, -0.2) is 48.9 Å². The van der Waals surface area contributed by atoms with Crippen molar-refractivity contribution < 1.29 is 19.1 Å². The minimum atomic E-state index is -0.313. The maximum Gasteiger partial charge on any atom is 0.309 e. The molecule has 6 heteroatoms. The maximum absolute atomic E-state index is 12.8. The van der Waals surface area contributed by atoms with Crippen LogP contribution in [0.4, 0.5) is 0 Å². The van der Waals surface area contributed by atoms with Gasteiger partial charge in [-0.15, -0.1) is 0 Å². The van der Waals surface area contributed by atoms with E-state index in [9.17, 15) is 14.4 Å². The van der Waals surface area contributed by atoms with Crippen molar-refractivity contribution in [3.63, 3.8) is 0 Å². The number of carbonyl (C=O) groups excluding carboxylic acids is 3. The van der Waals surface area contributed by atoms with E-state index in [1.165, 1.54) is 14.0 Å². The zero-order chi connectivity index (χ0) is 16.1. The van der Waals surface area contributed by atoms with Crippen LogP contribution in [0, 0.1) is 11.8 Å². The predicted molar refractivity (Wildman–Crippen MR) is 80.9 cm³/mol. The van der Waals surface area contributed by atoms with Crippen LogP contribution in [0.5, 0.6) is 0 Å². The van der Waals surface area contributed by atoms with Crippen LogP contribution < -0.4 is 5.32 Å². The molecule has 0 aromatic rings. The van der Waals surface area contributed by atoms with E-state index < -0.39 is 0 Å². The summed E-state index contributed by atoms with van der Waals surface area (Å²) in [5.74, 6) is -0.868. The molecule has 1 saturated heterocycles. The number of likely N-dealkylation sites (tertiary alicyclic amines) is 1. The smallest absolute Gasteiger partial charge is 0.309 e. The Morgan fingerprint density at radius 2 is 1.73 bits per heavy atom. The van der Waals surface area contributed by atoms with E-state index in [0.29, 0.717) is 13.1 Å². The molecule has 1 aliphatic heterocycles. The summed E-state index contributed by atoms with van der Waals surface area (Å²) in [4.78, 5) is 37.8. The Kier molecular flexibility index (Phi) is 5.80. The van der Waals surface area contributed by atoms with Crippen molar-refractivity contribution in [3.05, 3.63) is 0 Å². The highest BCUT2D eigenvalue weighted by Gasteiger charge is 2.39. The van der Waals surface area contributed by atoms with E-state index in [0.717, 1.165) is 38.5 Å². The highest BCUT2D eigenvalue weighted by Crippen LogP contribution is 2.33. The fourth-order valence-electron chi connectivity index (χ4n) is 3.68. The molecular weight excluding hydrogens is 284 g/mol. The van der Waals surface area contributed by atoms with Crippen LogP contribution in [0.25, 0.3) is 0 Å². The van der Waals surface area contributed by atoms with Crippen LogP contribution in [0.15, 0.2) is 0 Å². The van der Waals surface area contributed by atoms with Crippen molar-refractivity contribution in [2.45, 2.75) is 51.5 Å². The second-order valence-electron chi connectivity index (χ2n) is 6.34. The monoisotopic (exact) mass is 310 g/mol. The Bertz CT molecular complexity index is 438. The van der Waals surface area contributed by atoms with Crippen LogP contribution in [0.2, 0.25) is 0 Å². The van der Waals surface area contributed by atoms with E-state index in [1.54, 1.807) is 0 Å². The molecule has 22 heavy (non-hydrogen) atoms. The Morgan fingerprint density at radius 3 is 2.36 bits per heavy atom. The summed E-state index contributed by atoms with van der Waals surface area (Å²) in [7, 11) is 1.38. The van der Waals surface area contributed by atoms with Gasteiger partial charge in [-0.3, -0.25) is 14.4 Å². The van der Waals surface area contributed by atoms with Crippen molar-refractivity contribution >= 4 is 17.8 Å². The molecule has 2 aliphatic rings. The second-order valence-corrected chi connectivity index (χ2v) is 6.34. The molecule has 0 aromatic heterocycles. The van der Waals surface area contributed by atoms with Crippen LogP contribution in [-0.2, 0) is 19.1 Å². The van der Waals surface area contributed by atoms with Crippen molar-refractivity contribution in [3.8, 4) is 0 Å². The number of nitrogens with zero attached hydrogens (tertiary/aromatic N) is 1. The first-order valence-electron chi connectivity index (χ1n) is 8.16. The zero-order valence-corrected chi connectivity index (χ0v) is 13.5. The fourth-order valence-corrected chi connectivity index (χ4v) is 3.68. The molecule has 2 rings (SSSR count). The number of amides is 2. The second kappa shape index (κ2) is 7.61. The summed E-state index contributed by atoms with van der Waals surface area (Å²) in [6.07, 6.45) is 5.21. The van der Waals surface area contributed by atoms with E-state index in [-0.39, 0.29) is 35.7 Å². The van der Waals surface area contributed by atoms with Gasteiger partial charge >= 0.3 is 5.97 Å². The van der Waals surface area contributed by atoms with Crippen molar-refractivity contribution in [2.24, 2.45) is 11.8 Å². The normalized spacial score (nSPS) is 28.8. The van der Waals surface area contributed by atoms with Gasteiger partial charge in [0.15, 0.2) is 0 Å². The summed E-state index contributed by atoms with van der Waals surface area (Å²) in [5, 5.41) is 2.89. The average molecular weight is 310 g/mol. The van der Waals surface area contributed by atoms with Gasteiger partial charge in [-0.2, -0.15) is 0 Å². The summed E-state index contributed by atoms with van der Waals surface area (Å²) in [6, 6.07) is 0.0235. The topological polar surface area (TPSA) is 75.7 Å². The Balaban J connectivity index is 2.01. The Morgan fingerprint density at radius 1 is 1.05 bits per heavy atom. The number of piperidine rings is 1. The third-order valence-corrected chi connectivity index (χ3v) is 4.73. The fraction of sp³-hybridized carbons (Fsp3) is 0.812. The molecule has 124 valence electrons. The minimum Gasteiger partial charge on any atom is -0.469 e. The Labute approximate surface area is 131 Å². The van der Waals surface area contributed by atoms with Crippen molar-refractivity contribution in [2.75, 3.05) is 20.2 Å². The molecule has 2 amide bonds. The van der Waals surface area contributed by atoms with Gasteiger partial charge in [-0.1, -0.05) is 12.8 Å². The van der Waals surface area contributed by atoms with E-state index in [4.69, 9.17) is 4.74 Å². The lowest BCUT2D eigenvalue weighted by Gasteiger charge is -2.37. The minimum absolute atomic E-state index is 0.0235. The quantitative estimate of drug-likeness (QED) is 0.792. The first-order valence-corrected chi connectivity index (χ1v) is 8.16. The number of nitrogens with one attached hydrogen (secondary N) is 1. The van der Waals surface area contributed by atoms with Crippen LogP contribution >= 0.6 is 0 Å². The molecule has 0 spiro atoms. The first kappa shape index (κ1) is 16.8. The number of hydrogen-bond donors (Lipinski definition) is 1. The van der Waals surface area contributed by atoms with E-state index >= 15 is 0 Å². The molecule has 0 radical (unpaired) electrons. The highest BCUT2D eigenvalue weighted by atomic mass is 16.5. The third-order valence-electron chi connectivity index (χ3n) is 4.73. The van der Waals surface area contributed by atoms with Crippen LogP contribution in [0.1, 0.15) is 45.4 Å². The molecule has 6 nitrogen and oxygen atoms in total. The van der Waals surface area contributed by atoms with Crippen molar-refractivity contribution in [1.82, 2.24) is 10.2 Å². The molecule has 0 bridgehead atoms. The lowest BCUT2D eigenvalue weighted by Crippen LogP contribution is -2.52. The first-order chi connectivity index (χ1) is 10.5. The van der Waals surface area contributed by atoms with Gasteiger partial charge in [0.2, 0.25) is 11.8 Å². The standard InChI is InChI=1S/C16H26N2O4/c1-11(19)17-12-6-5-9-18(10-12)15(20)13-7-3-4-8-14(13)16(21)22-2/h12-14H,3-10H2,1-2H3,(H,17,19)/t12-,13-,14-/m1/s1. The maximum atomic E-state index is 12.8. The lowest BCUT2D eigenvalue weighted by atomic mass is 9.78. The lowest BCUT2D eigenvalue weighted by molar-refractivity contribution is -0.155. The van der Waals surface area contributed by atoms with E-state index in [1.807, 2.05) is 4.90 Å². The molecule has 1 aliphatic carbocycles. The van der Waals surface area contributed by atoms with Gasteiger partial charge < -0.3 is 15.0 Å². The molecule has 2 fully saturated rings. The molecule has 1 saturated carbocycles. The zero-order valence-electron chi connectivity index (χ0n) is 13.5. The SMILES string of the molecule is COC(=O)[C@@H]1CCCC[C@H]1C(=O)N1CCC[C@@H](NC(C)=O)C1. The van der Waals surface area contributed by atoms with Gasteiger partial charge in [0.25, 0.3) is 0 Å². The summed E-state index contributed by atoms with van der Waals surface area (Å²) >= 11 is 0. The van der Waals surface area contributed by atoms with Gasteiger partial charge in [0.05, 0.1) is 18.9 Å². The number of rotatable bonds is 3. The number of hydrogen-bond acceptors (Lipinski definition) is 4. The summed E-state index contributed by atoms with van der Waals surface area (Å²) < 4.78 is 4.86. The third kappa shape index (κ3) is 3.99. The number of esters is 1. The highest BCUT2D eigenvalue weighted by molar-refractivity contribution is 5.85. The molecule has 0 unspecified atom stereocenters. The molecule has 1 N–H and O–H groups in total. The number of methoxy groups -OCH3 is 1. The van der Waals surface area contributed by atoms with Gasteiger partial charge in [0, 0.05) is 26.1 Å². The van der Waals surface area contributed by atoms with Gasteiger partial charge in [0.1, 0.15) is 0 Å².